The number of amidine groups is 1. The van der Waals surface area contributed by atoms with Crippen molar-refractivity contribution in [1.82, 2.24) is 0 Å². The van der Waals surface area contributed by atoms with Crippen LogP contribution in [0.25, 0.3) is 0 Å². The summed E-state index contributed by atoms with van der Waals surface area (Å²) in [4.78, 5) is 12.7. The van der Waals surface area contributed by atoms with E-state index in [2.05, 4.69) is 15.0 Å². The predicted octanol–water partition coefficient (Wildman–Crippen LogP) is 3.52. The largest absolute Gasteiger partial charge is 0.493 e. The van der Waals surface area contributed by atoms with Crippen LogP contribution in [0.15, 0.2) is 76.0 Å². The molecule has 1 heterocycles. The highest BCUT2D eigenvalue weighted by Crippen LogP contribution is 2.30. The van der Waals surface area contributed by atoms with E-state index in [1.807, 2.05) is 0 Å². The van der Waals surface area contributed by atoms with E-state index in [1.54, 1.807) is 60.7 Å². The lowest BCUT2D eigenvalue weighted by atomic mass is 10.1. The van der Waals surface area contributed by atoms with Crippen LogP contribution in [0.2, 0.25) is 0 Å². The summed E-state index contributed by atoms with van der Waals surface area (Å²) in [5.74, 6) is 1.02. The van der Waals surface area contributed by atoms with Gasteiger partial charge in [-0.05, 0) is 48.5 Å². The van der Waals surface area contributed by atoms with Crippen molar-refractivity contribution in [3.8, 4) is 11.5 Å². The van der Waals surface area contributed by atoms with Gasteiger partial charge in [-0.15, -0.1) is 4.40 Å². The molecular formula is C22H19N3O5S. The first-order valence-corrected chi connectivity index (χ1v) is 10.7. The van der Waals surface area contributed by atoms with E-state index in [-0.39, 0.29) is 16.6 Å². The molecule has 4 rings (SSSR count). The molecule has 1 amide bonds. The highest BCUT2D eigenvalue weighted by molar-refractivity contribution is 7.90. The van der Waals surface area contributed by atoms with Gasteiger partial charge in [0.2, 0.25) is 0 Å². The lowest BCUT2D eigenvalue weighted by Gasteiger charge is -2.11. The lowest BCUT2D eigenvalue weighted by Crippen LogP contribution is -2.13. The van der Waals surface area contributed by atoms with Gasteiger partial charge in [0, 0.05) is 28.6 Å². The van der Waals surface area contributed by atoms with Crippen LogP contribution in [0, 0.1) is 0 Å². The number of amides is 1. The van der Waals surface area contributed by atoms with Crippen molar-refractivity contribution < 1.29 is 22.7 Å². The third kappa shape index (κ3) is 4.08. The van der Waals surface area contributed by atoms with E-state index in [4.69, 9.17) is 9.47 Å². The van der Waals surface area contributed by atoms with Gasteiger partial charge in [-0.3, -0.25) is 4.79 Å². The molecule has 0 unspecified atom stereocenters. The topological polar surface area (TPSA) is 106 Å². The summed E-state index contributed by atoms with van der Waals surface area (Å²) in [6.45, 7) is 0. The van der Waals surface area contributed by atoms with Crippen LogP contribution >= 0.6 is 0 Å². The van der Waals surface area contributed by atoms with Gasteiger partial charge in [0.1, 0.15) is 4.90 Å². The zero-order valence-electron chi connectivity index (χ0n) is 16.7. The Morgan fingerprint density at radius 1 is 0.871 bits per heavy atom. The Balaban J connectivity index is 1.48. The first-order chi connectivity index (χ1) is 14.9. The van der Waals surface area contributed by atoms with E-state index in [0.717, 1.165) is 0 Å². The number of hydrogen-bond donors (Lipinski definition) is 2. The molecule has 31 heavy (non-hydrogen) atoms. The van der Waals surface area contributed by atoms with Crippen LogP contribution in [0.1, 0.15) is 15.9 Å². The second kappa shape index (κ2) is 8.11. The maximum absolute atomic E-state index is 12.6. The van der Waals surface area contributed by atoms with Gasteiger partial charge in [0.15, 0.2) is 17.3 Å². The standard InChI is InChI=1S/C22H19N3O5S/c1-29-18-12-11-16(13-19(18)30-2)24-22(26)14-7-9-15(10-8-14)23-21-17-5-3-4-6-20(17)31(27,28)25-21/h3-13H,1-2H3,(H,23,25)(H,24,26). The fourth-order valence-corrected chi connectivity index (χ4v) is 4.33. The summed E-state index contributed by atoms with van der Waals surface area (Å²) in [7, 11) is -0.640. The zero-order chi connectivity index (χ0) is 22.0. The van der Waals surface area contributed by atoms with Crippen LogP contribution in [-0.2, 0) is 10.0 Å². The Morgan fingerprint density at radius 3 is 2.26 bits per heavy atom. The van der Waals surface area contributed by atoms with Gasteiger partial charge >= 0.3 is 0 Å². The average molecular weight is 437 g/mol. The summed E-state index contributed by atoms with van der Waals surface area (Å²) in [6.07, 6.45) is 0. The molecule has 3 aromatic rings. The Kier molecular flexibility index (Phi) is 5.35. The smallest absolute Gasteiger partial charge is 0.285 e. The number of fused-ring (bicyclic) bond motifs is 1. The van der Waals surface area contributed by atoms with Crippen molar-refractivity contribution >= 4 is 33.1 Å². The Bertz CT molecular complexity index is 1280. The van der Waals surface area contributed by atoms with E-state index >= 15 is 0 Å². The molecule has 0 fully saturated rings. The van der Waals surface area contributed by atoms with Gasteiger partial charge in [0.05, 0.1) is 14.2 Å². The minimum atomic E-state index is -3.70. The number of carbonyl (C=O) groups excluding carboxylic acids is 1. The molecule has 158 valence electrons. The number of nitrogens with one attached hydrogen (secondary N) is 2. The number of anilines is 2. The van der Waals surface area contributed by atoms with Gasteiger partial charge in [-0.2, -0.15) is 8.42 Å². The van der Waals surface area contributed by atoms with E-state index in [9.17, 15) is 13.2 Å². The maximum atomic E-state index is 12.6. The first kappa shape index (κ1) is 20.4. The van der Waals surface area contributed by atoms with Crippen molar-refractivity contribution in [2.45, 2.75) is 4.90 Å². The number of carbonyl (C=O) groups is 1. The Morgan fingerprint density at radius 2 is 1.55 bits per heavy atom. The van der Waals surface area contributed by atoms with Gasteiger partial charge in [-0.1, -0.05) is 12.1 Å². The van der Waals surface area contributed by atoms with E-state index in [0.29, 0.717) is 34.0 Å². The fourth-order valence-electron chi connectivity index (χ4n) is 3.15. The number of rotatable bonds is 5. The number of sulfonamides is 1. The Labute approximate surface area is 179 Å². The molecule has 0 atom stereocenters. The van der Waals surface area contributed by atoms with Crippen LogP contribution < -0.4 is 20.1 Å². The number of ether oxygens (including phenoxy) is 2. The van der Waals surface area contributed by atoms with Gasteiger partial charge < -0.3 is 20.1 Å². The van der Waals surface area contributed by atoms with E-state index < -0.39 is 10.0 Å². The summed E-state index contributed by atoms with van der Waals surface area (Å²) in [6, 6.07) is 18.3. The molecule has 0 spiro atoms. The highest BCUT2D eigenvalue weighted by Gasteiger charge is 2.28. The third-order valence-corrected chi connectivity index (χ3v) is 6.02. The normalized spacial score (nSPS) is 13.7. The van der Waals surface area contributed by atoms with Gasteiger partial charge in [-0.25, -0.2) is 0 Å². The van der Waals surface area contributed by atoms with E-state index in [1.165, 1.54) is 20.3 Å². The molecule has 2 N–H and O–H groups in total. The average Bonchev–Trinajstić information content (AvgIpc) is 3.04. The zero-order valence-corrected chi connectivity index (χ0v) is 17.6. The molecule has 0 saturated carbocycles. The van der Waals surface area contributed by atoms with Crippen molar-refractivity contribution in [2.75, 3.05) is 24.9 Å². The van der Waals surface area contributed by atoms with Crippen molar-refractivity contribution in [3.05, 3.63) is 77.9 Å². The second-order valence-corrected chi connectivity index (χ2v) is 8.21. The fraction of sp³-hybridized carbons (Fsp3) is 0.0909. The second-order valence-electron chi connectivity index (χ2n) is 6.64. The molecule has 0 saturated heterocycles. The summed E-state index contributed by atoms with van der Waals surface area (Å²) < 4.78 is 38.6. The SMILES string of the molecule is COc1ccc(NC(=O)c2ccc(NC3=NS(=O)(=O)c4ccccc43)cc2)cc1OC. The monoisotopic (exact) mass is 437 g/mol. The summed E-state index contributed by atoms with van der Waals surface area (Å²) in [5.41, 5.74) is 2.11. The van der Waals surface area contributed by atoms with Crippen LogP contribution in [-0.4, -0.2) is 34.4 Å². The van der Waals surface area contributed by atoms with Crippen molar-refractivity contribution in [2.24, 2.45) is 4.40 Å². The molecular weight excluding hydrogens is 418 g/mol. The van der Waals surface area contributed by atoms with Crippen LogP contribution in [0.3, 0.4) is 0 Å². The molecule has 0 aliphatic carbocycles. The van der Waals surface area contributed by atoms with Crippen LogP contribution in [0.5, 0.6) is 11.5 Å². The van der Waals surface area contributed by atoms with Crippen molar-refractivity contribution in [1.29, 1.82) is 0 Å². The van der Waals surface area contributed by atoms with Crippen molar-refractivity contribution in [3.63, 3.8) is 0 Å². The lowest BCUT2D eigenvalue weighted by molar-refractivity contribution is 0.102. The molecule has 8 nitrogen and oxygen atoms in total. The summed E-state index contributed by atoms with van der Waals surface area (Å²) >= 11 is 0. The maximum Gasteiger partial charge on any atom is 0.285 e. The molecule has 3 aromatic carbocycles. The molecule has 1 aliphatic rings. The minimum absolute atomic E-state index is 0.170. The molecule has 1 aliphatic heterocycles. The first-order valence-electron chi connectivity index (χ1n) is 9.26. The van der Waals surface area contributed by atoms with Gasteiger partial charge in [0.25, 0.3) is 15.9 Å². The number of methoxy groups -OCH3 is 2. The van der Waals surface area contributed by atoms with Crippen LogP contribution in [0.4, 0.5) is 11.4 Å². The summed E-state index contributed by atoms with van der Waals surface area (Å²) in [5, 5.41) is 5.81. The predicted molar refractivity (Wildman–Crippen MR) is 118 cm³/mol. The molecule has 0 bridgehead atoms. The minimum Gasteiger partial charge on any atom is -0.493 e. The molecule has 0 radical (unpaired) electrons. The quantitative estimate of drug-likeness (QED) is 0.633. The number of nitrogens with zero attached hydrogens (tertiary/aromatic N) is 1. The molecule has 9 heteroatoms. The number of benzene rings is 3. The molecule has 0 aromatic heterocycles. The Hall–Kier alpha value is -3.85. The highest BCUT2D eigenvalue weighted by atomic mass is 32.2. The third-order valence-electron chi connectivity index (χ3n) is 4.68. The number of hydrogen-bond acceptors (Lipinski definition) is 6.